The maximum atomic E-state index is 12.9. The Hall–Kier alpha value is -3.17. The van der Waals surface area contributed by atoms with Crippen LogP contribution in [0.1, 0.15) is 36.3 Å². The molecule has 4 rings (SSSR count). The van der Waals surface area contributed by atoms with Crippen molar-refractivity contribution in [2.75, 3.05) is 0 Å². The molecular weight excluding hydrogens is 365 g/mol. The van der Waals surface area contributed by atoms with Gasteiger partial charge in [0, 0.05) is 17.8 Å². The molecule has 1 aliphatic rings. The summed E-state index contributed by atoms with van der Waals surface area (Å²) in [5.74, 6) is -1.21. The van der Waals surface area contributed by atoms with Gasteiger partial charge in [-0.1, -0.05) is 13.0 Å². The van der Waals surface area contributed by atoms with E-state index < -0.39 is 12.0 Å². The lowest BCUT2D eigenvalue weighted by atomic mass is 9.95. The molecule has 1 unspecified atom stereocenters. The van der Waals surface area contributed by atoms with Gasteiger partial charge in [0.25, 0.3) is 11.6 Å². The minimum Gasteiger partial charge on any atom is -0.439 e. The van der Waals surface area contributed by atoms with Crippen LogP contribution in [0, 0.1) is 6.92 Å². The molecule has 0 aliphatic carbocycles. The fourth-order valence-corrected chi connectivity index (χ4v) is 2.87. The van der Waals surface area contributed by atoms with Gasteiger partial charge in [0.1, 0.15) is 11.5 Å². The monoisotopic (exact) mass is 378 g/mol. The number of rotatable bonds is 2. The van der Waals surface area contributed by atoms with Gasteiger partial charge in [0.15, 0.2) is 0 Å². The Kier molecular flexibility index (Phi) is 3.79. The van der Waals surface area contributed by atoms with E-state index in [0.29, 0.717) is 11.4 Å². The molecular formula is C17H13F3N4O3. The molecule has 0 bridgehead atoms. The number of ether oxygens (including phenoxy) is 2. The number of hydrogen-bond donors (Lipinski definition) is 0. The van der Waals surface area contributed by atoms with E-state index >= 15 is 0 Å². The van der Waals surface area contributed by atoms with Gasteiger partial charge in [-0.05, 0) is 24.5 Å². The quantitative estimate of drug-likeness (QED) is 0.500. The summed E-state index contributed by atoms with van der Waals surface area (Å²) in [4.78, 5) is 19.0. The Morgan fingerprint density at radius 3 is 2.78 bits per heavy atom. The summed E-state index contributed by atoms with van der Waals surface area (Å²) in [6.45, 7) is 3.51. The Bertz CT molecular complexity index is 1060. The molecule has 1 atom stereocenters. The zero-order valence-corrected chi connectivity index (χ0v) is 14.2. The molecule has 7 nitrogen and oxygen atoms in total. The summed E-state index contributed by atoms with van der Waals surface area (Å²) in [7, 11) is 0. The van der Waals surface area contributed by atoms with Gasteiger partial charge in [0.2, 0.25) is 5.88 Å². The van der Waals surface area contributed by atoms with Crippen molar-refractivity contribution in [3.8, 4) is 17.4 Å². The van der Waals surface area contributed by atoms with E-state index in [1.165, 1.54) is 12.1 Å². The predicted octanol–water partition coefficient (Wildman–Crippen LogP) is 3.66. The fourth-order valence-electron chi connectivity index (χ4n) is 2.87. The number of aromatic nitrogens is 4. The number of halogens is 3. The summed E-state index contributed by atoms with van der Waals surface area (Å²) >= 11 is 0. The van der Waals surface area contributed by atoms with Gasteiger partial charge in [-0.2, -0.15) is 22.7 Å². The number of carbonyl (C=O) groups excluding carboxylic acids is 1. The standard InChI is InChI=1S/C17H13F3N4O3/c1-8-5-14(25)27-12-7-10(3-4-11(8)12)26-13-6-9(2)21-16-22-15(17(18,19)20)23-24(13)16/h3-4,6-8H,5H2,1-2H3. The van der Waals surface area contributed by atoms with Crippen LogP contribution < -0.4 is 9.47 Å². The van der Waals surface area contributed by atoms with Crippen LogP contribution in [0.2, 0.25) is 0 Å². The molecule has 140 valence electrons. The van der Waals surface area contributed by atoms with Crippen molar-refractivity contribution >= 4 is 11.7 Å². The number of benzene rings is 1. The van der Waals surface area contributed by atoms with Crippen molar-refractivity contribution in [2.24, 2.45) is 0 Å². The Morgan fingerprint density at radius 1 is 1.26 bits per heavy atom. The second-order valence-corrected chi connectivity index (χ2v) is 6.26. The Balaban J connectivity index is 1.74. The van der Waals surface area contributed by atoms with Crippen molar-refractivity contribution in [3.05, 3.63) is 41.3 Å². The van der Waals surface area contributed by atoms with E-state index in [1.54, 1.807) is 19.1 Å². The molecule has 0 saturated carbocycles. The highest BCUT2D eigenvalue weighted by Crippen LogP contribution is 2.37. The average molecular weight is 378 g/mol. The van der Waals surface area contributed by atoms with Crippen molar-refractivity contribution < 1.29 is 27.4 Å². The summed E-state index contributed by atoms with van der Waals surface area (Å²) in [5.41, 5.74) is 1.27. The van der Waals surface area contributed by atoms with Crippen LogP contribution in [-0.2, 0) is 11.0 Å². The highest BCUT2D eigenvalue weighted by molar-refractivity contribution is 5.76. The minimum atomic E-state index is -4.70. The van der Waals surface area contributed by atoms with Crippen LogP contribution >= 0.6 is 0 Å². The number of aryl methyl sites for hydroxylation is 1. The third-order valence-corrected chi connectivity index (χ3v) is 4.10. The number of fused-ring (bicyclic) bond motifs is 2. The molecule has 1 aromatic carbocycles. The molecule has 0 radical (unpaired) electrons. The molecule has 0 saturated heterocycles. The summed E-state index contributed by atoms with van der Waals surface area (Å²) in [6, 6.07) is 6.37. The van der Waals surface area contributed by atoms with E-state index in [2.05, 4.69) is 15.1 Å². The van der Waals surface area contributed by atoms with Crippen molar-refractivity contribution in [3.63, 3.8) is 0 Å². The summed E-state index contributed by atoms with van der Waals surface area (Å²) in [5, 5.41) is 3.44. The van der Waals surface area contributed by atoms with Crippen LogP contribution in [-0.4, -0.2) is 25.6 Å². The fraction of sp³-hybridized carbons (Fsp3) is 0.294. The highest BCUT2D eigenvalue weighted by Gasteiger charge is 2.37. The van der Waals surface area contributed by atoms with Crippen LogP contribution in [0.4, 0.5) is 13.2 Å². The maximum absolute atomic E-state index is 12.9. The highest BCUT2D eigenvalue weighted by atomic mass is 19.4. The molecule has 3 aromatic rings. The summed E-state index contributed by atoms with van der Waals surface area (Å²) in [6.07, 6.45) is -4.41. The largest absolute Gasteiger partial charge is 0.453 e. The SMILES string of the molecule is Cc1cc(Oc2ccc3c(c2)OC(=O)CC3C)n2nc(C(F)(F)F)nc2n1. The van der Waals surface area contributed by atoms with E-state index in [9.17, 15) is 18.0 Å². The molecule has 0 N–H and O–H groups in total. The first-order valence-corrected chi connectivity index (χ1v) is 8.05. The van der Waals surface area contributed by atoms with Crippen LogP contribution in [0.25, 0.3) is 5.78 Å². The van der Waals surface area contributed by atoms with Crippen LogP contribution in [0.3, 0.4) is 0 Å². The first kappa shape index (κ1) is 17.3. The first-order valence-electron chi connectivity index (χ1n) is 8.05. The number of esters is 1. The minimum absolute atomic E-state index is 0.00911. The lowest BCUT2D eigenvalue weighted by Crippen LogP contribution is -2.18. The number of carbonyl (C=O) groups is 1. The van der Waals surface area contributed by atoms with E-state index in [1.807, 2.05) is 6.92 Å². The van der Waals surface area contributed by atoms with Crippen LogP contribution in [0.15, 0.2) is 24.3 Å². The van der Waals surface area contributed by atoms with Crippen molar-refractivity contribution in [1.29, 1.82) is 0 Å². The lowest BCUT2D eigenvalue weighted by Gasteiger charge is -2.21. The van der Waals surface area contributed by atoms with Gasteiger partial charge in [-0.25, -0.2) is 4.98 Å². The zero-order chi connectivity index (χ0) is 19.3. The van der Waals surface area contributed by atoms with Gasteiger partial charge in [-0.15, -0.1) is 5.10 Å². The third kappa shape index (κ3) is 3.18. The van der Waals surface area contributed by atoms with Gasteiger partial charge in [-0.3, -0.25) is 4.79 Å². The zero-order valence-electron chi connectivity index (χ0n) is 14.2. The molecule has 27 heavy (non-hydrogen) atoms. The van der Waals surface area contributed by atoms with E-state index in [4.69, 9.17) is 9.47 Å². The number of nitrogens with zero attached hydrogens (tertiary/aromatic N) is 4. The normalized spacial score (nSPS) is 16.9. The molecule has 0 fully saturated rings. The van der Waals surface area contributed by atoms with E-state index in [-0.39, 0.29) is 35.7 Å². The number of hydrogen-bond acceptors (Lipinski definition) is 6. The topological polar surface area (TPSA) is 78.6 Å². The molecule has 3 heterocycles. The molecule has 1 aliphatic heterocycles. The van der Waals surface area contributed by atoms with Gasteiger partial charge >= 0.3 is 12.1 Å². The van der Waals surface area contributed by atoms with Gasteiger partial charge in [0.05, 0.1) is 6.42 Å². The second-order valence-electron chi connectivity index (χ2n) is 6.26. The Labute approximate surface area is 150 Å². The first-order chi connectivity index (χ1) is 12.7. The predicted molar refractivity (Wildman–Crippen MR) is 85.7 cm³/mol. The molecule has 0 amide bonds. The second kappa shape index (κ2) is 5.93. The number of alkyl halides is 3. The Morgan fingerprint density at radius 2 is 2.04 bits per heavy atom. The third-order valence-electron chi connectivity index (χ3n) is 4.10. The van der Waals surface area contributed by atoms with Crippen molar-refractivity contribution in [1.82, 2.24) is 19.6 Å². The average Bonchev–Trinajstić information content (AvgIpc) is 2.98. The summed E-state index contributed by atoms with van der Waals surface area (Å²) < 4.78 is 50.5. The van der Waals surface area contributed by atoms with Crippen molar-refractivity contribution in [2.45, 2.75) is 32.4 Å². The molecule has 10 heteroatoms. The van der Waals surface area contributed by atoms with E-state index in [0.717, 1.165) is 10.1 Å². The lowest BCUT2D eigenvalue weighted by molar-refractivity contribution is -0.144. The van der Waals surface area contributed by atoms with Gasteiger partial charge < -0.3 is 9.47 Å². The molecule has 2 aromatic heterocycles. The molecule has 0 spiro atoms. The smallest absolute Gasteiger partial charge is 0.439 e. The van der Waals surface area contributed by atoms with Crippen LogP contribution in [0.5, 0.6) is 17.4 Å². The maximum Gasteiger partial charge on any atom is 0.453 e.